The number of carbonyl (C=O) groups excluding carboxylic acids is 1. The van der Waals surface area contributed by atoms with Crippen LogP contribution in [0.2, 0.25) is 0 Å². The molecule has 2 unspecified atom stereocenters. The van der Waals surface area contributed by atoms with Gasteiger partial charge in [-0.05, 0) is 81.4 Å². The molecule has 9 heteroatoms. The summed E-state index contributed by atoms with van der Waals surface area (Å²) in [6.45, 7) is 6.11. The molecule has 2 aliphatic carbocycles. The SMILES string of the molecule is CC1=CC2CC2C(C(N)=NC(=O)c2cc(-c3nc(-c4cccc(C)c4)no3)cc(-c3nc(-c4cccc(C)c4)no3)c2)=CC1. The molecule has 1 amide bonds. The Morgan fingerprint density at radius 1 is 0.818 bits per heavy atom. The molecule has 2 aromatic heterocycles. The van der Waals surface area contributed by atoms with Gasteiger partial charge in [-0.15, -0.1) is 0 Å². The predicted octanol–water partition coefficient (Wildman–Crippen LogP) is 7.15. The van der Waals surface area contributed by atoms with Crippen LogP contribution in [0.3, 0.4) is 0 Å². The monoisotopic (exact) mass is 582 g/mol. The third kappa shape index (κ3) is 5.51. The first-order valence-corrected chi connectivity index (χ1v) is 14.5. The van der Waals surface area contributed by atoms with Gasteiger partial charge in [0, 0.05) is 27.8 Å². The van der Waals surface area contributed by atoms with Gasteiger partial charge < -0.3 is 14.8 Å². The lowest BCUT2D eigenvalue weighted by atomic mass is 10.0. The number of aromatic nitrogens is 4. The molecule has 2 heterocycles. The summed E-state index contributed by atoms with van der Waals surface area (Å²) in [4.78, 5) is 27.2. The highest BCUT2D eigenvalue weighted by molar-refractivity contribution is 6.09. The van der Waals surface area contributed by atoms with E-state index in [-0.39, 0.29) is 23.2 Å². The largest absolute Gasteiger partial charge is 0.383 e. The zero-order valence-electron chi connectivity index (χ0n) is 24.6. The molecule has 0 bridgehead atoms. The van der Waals surface area contributed by atoms with Crippen molar-refractivity contribution in [2.24, 2.45) is 22.6 Å². The minimum Gasteiger partial charge on any atom is -0.383 e. The van der Waals surface area contributed by atoms with Crippen molar-refractivity contribution in [2.45, 2.75) is 33.6 Å². The van der Waals surface area contributed by atoms with Gasteiger partial charge in [0.2, 0.25) is 11.6 Å². The summed E-state index contributed by atoms with van der Waals surface area (Å²) >= 11 is 0. The van der Waals surface area contributed by atoms with Crippen molar-refractivity contribution in [1.29, 1.82) is 0 Å². The Bertz CT molecular complexity index is 1910. The molecule has 0 spiro atoms. The van der Waals surface area contributed by atoms with Crippen LogP contribution < -0.4 is 5.73 Å². The Labute approximate surface area is 254 Å². The van der Waals surface area contributed by atoms with E-state index in [0.29, 0.717) is 34.6 Å². The summed E-state index contributed by atoms with van der Waals surface area (Å²) in [5.41, 5.74) is 13.8. The molecular formula is C35H30N6O3. The van der Waals surface area contributed by atoms with Gasteiger partial charge in [0.1, 0.15) is 5.84 Å². The van der Waals surface area contributed by atoms with Gasteiger partial charge in [0.25, 0.3) is 17.7 Å². The number of amides is 1. The lowest BCUT2D eigenvalue weighted by molar-refractivity contribution is 0.100. The van der Waals surface area contributed by atoms with Crippen LogP contribution >= 0.6 is 0 Å². The first-order valence-electron chi connectivity index (χ1n) is 14.5. The number of nitrogens with two attached hydrogens (primary N) is 1. The number of fused-ring (bicyclic) bond motifs is 1. The molecule has 2 atom stereocenters. The van der Waals surface area contributed by atoms with Crippen LogP contribution in [0.4, 0.5) is 0 Å². The van der Waals surface area contributed by atoms with Crippen LogP contribution in [0.15, 0.2) is 104 Å². The van der Waals surface area contributed by atoms with E-state index in [2.05, 4.69) is 44.3 Å². The Balaban J connectivity index is 1.27. The van der Waals surface area contributed by atoms with Crippen molar-refractivity contribution in [3.8, 4) is 45.7 Å². The molecule has 5 aromatic rings. The smallest absolute Gasteiger partial charge is 0.278 e. The number of aryl methyl sites for hydroxylation is 2. The molecule has 1 fully saturated rings. The summed E-state index contributed by atoms with van der Waals surface area (Å²) in [7, 11) is 0. The second-order valence-corrected chi connectivity index (χ2v) is 11.6. The molecule has 44 heavy (non-hydrogen) atoms. The van der Waals surface area contributed by atoms with Crippen molar-refractivity contribution in [3.05, 3.63) is 107 Å². The Hall–Kier alpha value is -5.44. The number of hydrogen-bond acceptors (Lipinski definition) is 7. The van der Waals surface area contributed by atoms with Crippen LogP contribution in [-0.4, -0.2) is 32.0 Å². The Kier molecular flexibility index (Phi) is 6.85. The van der Waals surface area contributed by atoms with Gasteiger partial charge >= 0.3 is 0 Å². The summed E-state index contributed by atoms with van der Waals surface area (Å²) in [6, 6.07) is 20.8. The average Bonchev–Trinajstić information content (AvgIpc) is 3.39. The molecule has 0 radical (unpaired) electrons. The number of nitrogens with zero attached hydrogens (tertiary/aromatic N) is 5. The lowest BCUT2D eigenvalue weighted by Gasteiger charge is -2.07. The van der Waals surface area contributed by atoms with E-state index in [4.69, 9.17) is 14.8 Å². The van der Waals surface area contributed by atoms with E-state index < -0.39 is 5.91 Å². The van der Waals surface area contributed by atoms with Gasteiger partial charge in [-0.1, -0.05) is 75.6 Å². The van der Waals surface area contributed by atoms with E-state index in [1.807, 2.05) is 62.4 Å². The van der Waals surface area contributed by atoms with Gasteiger partial charge in [0.05, 0.1) is 0 Å². The van der Waals surface area contributed by atoms with Gasteiger partial charge in [-0.2, -0.15) is 15.0 Å². The number of aliphatic imine (C=N–C) groups is 1. The molecule has 0 aliphatic heterocycles. The van der Waals surface area contributed by atoms with Crippen molar-refractivity contribution in [2.75, 3.05) is 0 Å². The highest BCUT2D eigenvalue weighted by atomic mass is 16.5. The Morgan fingerprint density at radius 2 is 1.41 bits per heavy atom. The van der Waals surface area contributed by atoms with Gasteiger partial charge in [-0.3, -0.25) is 4.79 Å². The number of carbonyl (C=O) groups is 1. The number of allylic oxidation sites excluding steroid dienone is 3. The van der Waals surface area contributed by atoms with Crippen molar-refractivity contribution in [3.63, 3.8) is 0 Å². The molecule has 7 rings (SSSR count). The minimum absolute atomic E-state index is 0.238. The molecule has 2 N–H and O–H groups in total. The molecule has 1 saturated carbocycles. The molecular weight excluding hydrogens is 552 g/mol. The Morgan fingerprint density at radius 3 is 1.98 bits per heavy atom. The number of rotatable bonds is 6. The normalized spacial score (nSPS) is 17.8. The van der Waals surface area contributed by atoms with E-state index >= 15 is 0 Å². The van der Waals surface area contributed by atoms with Crippen LogP contribution in [-0.2, 0) is 0 Å². The molecule has 2 aliphatic rings. The summed E-state index contributed by atoms with van der Waals surface area (Å²) in [5.74, 6) is 1.87. The standard InChI is InChI=1S/C35H30N6O3/c1-19-6-4-8-22(12-19)31-38-34(43-40-31)26-15-25(33(42)37-30(36)28-11-10-21(3)14-24-18-29(24)28)16-27(17-26)35-39-32(41-44-35)23-9-5-7-20(2)13-23/h4-9,11-17,24,29H,10,18H2,1-3H3,(H2,36,37,42). The predicted molar refractivity (Wildman–Crippen MR) is 167 cm³/mol. The van der Waals surface area contributed by atoms with Crippen LogP contribution in [0, 0.1) is 25.7 Å². The fourth-order valence-electron chi connectivity index (χ4n) is 5.63. The highest BCUT2D eigenvalue weighted by Gasteiger charge is 2.40. The minimum atomic E-state index is -0.491. The number of hydrogen-bond donors (Lipinski definition) is 1. The fourth-order valence-corrected chi connectivity index (χ4v) is 5.63. The number of amidine groups is 1. The van der Waals surface area contributed by atoms with E-state index in [9.17, 15) is 4.79 Å². The maximum Gasteiger partial charge on any atom is 0.278 e. The van der Waals surface area contributed by atoms with Crippen molar-refractivity contribution < 1.29 is 13.8 Å². The second kappa shape index (κ2) is 11.0. The maximum atomic E-state index is 13.6. The van der Waals surface area contributed by atoms with Crippen LogP contribution in [0.1, 0.15) is 41.3 Å². The third-order valence-corrected chi connectivity index (χ3v) is 7.98. The quantitative estimate of drug-likeness (QED) is 0.127. The van der Waals surface area contributed by atoms with E-state index in [0.717, 1.165) is 40.7 Å². The van der Waals surface area contributed by atoms with E-state index in [1.54, 1.807) is 18.2 Å². The van der Waals surface area contributed by atoms with Crippen LogP contribution in [0.5, 0.6) is 0 Å². The first kappa shape index (κ1) is 27.4. The topological polar surface area (TPSA) is 133 Å². The van der Waals surface area contributed by atoms with Crippen LogP contribution in [0.25, 0.3) is 45.7 Å². The van der Waals surface area contributed by atoms with Gasteiger partial charge in [-0.25, -0.2) is 0 Å². The zero-order valence-corrected chi connectivity index (χ0v) is 24.6. The third-order valence-electron chi connectivity index (χ3n) is 7.98. The van der Waals surface area contributed by atoms with Gasteiger partial charge in [0.15, 0.2) is 0 Å². The van der Waals surface area contributed by atoms with Crippen molar-refractivity contribution >= 4 is 11.7 Å². The highest BCUT2D eigenvalue weighted by Crippen LogP contribution is 2.47. The summed E-state index contributed by atoms with van der Waals surface area (Å²) < 4.78 is 11.3. The zero-order chi connectivity index (χ0) is 30.4. The first-order chi connectivity index (χ1) is 21.3. The van der Waals surface area contributed by atoms with Crippen molar-refractivity contribution in [1.82, 2.24) is 20.3 Å². The second-order valence-electron chi connectivity index (χ2n) is 11.6. The number of benzene rings is 3. The average molecular weight is 583 g/mol. The summed E-state index contributed by atoms with van der Waals surface area (Å²) in [6.07, 6.45) is 6.21. The molecule has 218 valence electrons. The molecule has 3 aromatic carbocycles. The fraction of sp³-hybridized carbons (Fsp3) is 0.200. The van der Waals surface area contributed by atoms with E-state index in [1.165, 1.54) is 5.57 Å². The molecule has 0 saturated heterocycles. The lowest BCUT2D eigenvalue weighted by Crippen LogP contribution is -2.19. The maximum absolute atomic E-state index is 13.6. The summed E-state index contributed by atoms with van der Waals surface area (Å²) in [5, 5.41) is 8.38. The molecule has 9 nitrogen and oxygen atoms in total.